The van der Waals surface area contributed by atoms with E-state index < -0.39 is 35.7 Å². The fourth-order valence-electron chi connectivity index (χ4n) is 4.19. The Labute approximate surface area is 187 Å². The van der Waals surface area contributed by atoms with Gasteiger partial charge in [-0.1, -0.05) is 12.8 Å². The molecular formula is C21H22F3N5O4. The van der Waals surface area contributed by atoms with Gasteiger partial charge in [0.2, 0.25) is 5.95 Å². The summed E-state index contributed by atoms with van der Waals surface area (Å²) in [5.41, 5.74) is -0.779. The summed E-state index contributed by atoms with van der Waals surface area (Å²) < 4.78 is 49.1. The zero-order chi connectivity index (χ0) is 23.9. The van der Waals surface area contributed by atoms with E-state index in [9.17, 15) is 27.9 Å². The third-order valence-electron chi connectivity index (χ3n) is 5.89. The van der Waals surface area contributed by atoms with E-state index in [2.05, 4.69) is 15.3 Å². The number of aromatic carboxylic acids is 1. The molecule has 1 saturated carbocycles. The number of nitrogens with zero attached hydrogens (tertiary/aromatic N) is 4. The van der Waals surface area contributed by atoms with Gasteiger partial charge < -0.3 is 25.0 Å². The number of anilines is 4. The van der Waals surface area contributed by atoms with Crippen molar-refractivity contribution in [1.29, 1.82) is 0 Å². The minimum Gasteiger partial charge on any atom is -0.497 e. The molecule has 2 aromatic rings. The molecule has 0 radical (unpaired) electrons. The Balaban J connectivity index is 1.78. The van der Waals surface area contributed by atoms with Crippen LogP contribution in [0.15, 0.2) is 18.3 Å². The molecule has 176 valence electrons. The van der Waals surface area contributed by atoms with Crippen LogP contribution in [-0.2, 0) is 4.79 Å². The second-order valence-electron chi connectivity index (χ2n) is 8.00. The number of hydrogen-bond donors (Lipinski definition) is 2. The Morgan fingerprint density at radius 1 is 1.30 bits per heavy atom. The third-order valence-corrected chi connectivity index (χ3v) is 5.89. The van der Waals surface area contributed by atoms with E-state index in [0.29, 0.717) is 12.8 Å². The average Bonchev–Trinajstić information content (AvgIpc) is 3.30. The van der Waals surface area contributed by atoms with Crippen LogP contribution in [0.25, 0.3) is 0 Å². The predicted octanol–water partition coefficient (Wildman–Crippen LogP) is 3.43. The van der Waals surface area contributed by atoms with Crippen LogP contribution in [0.3, 0.4) is 0 Å². The largest absolute Gasteiger partial charge is 0.497 e. The van der Waals surface area contributed by atoms with Gasteiger partial charge in [0, 0.05) is 19.2 Å². The molecule has 1 fully saturated rings. The maximum atomic E-state index is 14.7. The Hall–Kier alpha value is -3.57. The number of benzene rings is 1. The second-order valence-corrected chi connectivity index (χ2v) is 8.00. The smallest absolute Gasteiger partial charge is 0.342 e. The third kappa shape index (κ3) is 4.12. The number of ether oxygens (including phenoxy) is 1. The van der Waals surface area contributed by atoms with E-state index in [-0.39, 0.29) is 34.9 Å². The number of hydrogen-bond acceptors (Lipinski definition) is 7. The first-order valence-electron chi connectivity index (χ1n) is 10.3. The zero-order valence-corrected chi connectivity index (χ0v) is 17.9. The highest BCUT2D eigenvalue weighted by molar-refractivity contribution is 6.02. The molecule has 2 N–H and O–H groups in total. The number of carbonyl (C=O) groups excluding carboxylic acids is 1. The molecule has 12 heteroatoms. The monoisotopic (exact) mass is 465 g/mol. The Morgan fingerprint density at radius 2 is 2.00 bits per heavy atom. The van der Waals surface area contributed by atoms with Gasteiger partial charge in [-0.15, -0.1) is 0 Å². The Bertz CT molecular complexity index is 1110. The maximum Gasteiger partial charge on any atom is 0.342 e. The van der Waals surface area contributed by atoms with Crippen LogP contribution in [0, 0.1) is 5.82 Å². The zero-order valence-electron chi connectivity index (χ0n) is 17.9. The van der Waals surface area contributed by atoms with E-state index in [1.807, 2.05) is 0 Å². The predicted molar refractivity (Wildman–Crippen MR) is 113 cm³/mol. The molecule has 1 amide bonds. The van der Waals surface area contributed by atoms with E-state index in [0.717, 1.165) is 23.8 Å². The summed E-state index contributed by atoms with van der Waals surface area (Å²) in [5, 5.41) is 11.9. The summed E-state index contributed by atoms with van der Waals surface area (Å²) in [6, 6.07) is 2.03. The molecule has 2 aliphatic rings. The number of rotatable bonds is 5. The molecule has 4 rings (SSSR count). The van der Waals surface area contributed by atoms with Crippen LogP contribution in [-0.4, -0.2) is 59.6 Å². The second kappa shape index (κ2) is 8.41. The number of fused-ring (bicyclic) bond motifs is 1. The van der Waals surface area contributed by atoms with Crippen molar-refractivity contribution in [2.24, 2.45) is 0 Å². The lowest BCUT2D eigenvalue weighted by Crippen LogP contribution is -2.48. The van der Waals surface area contributed by atoms with E-state index in [1.54, 1.807) is 0 Å². The number of aromatic nitrogens is 2. The molecule has 0 atom stereocenters. The van der Waals surface area contributed by atoms with Crippen molar-refractivity contribution in [1.82, 2.24) is 9.97 Å². The van der Waals surface area contributed by atoms with Gasteiger partial charge in [0.15, 0.2) is 11.6 Å². The molecule has 33 heavy (non-hydrogen) atoms. The van der Waals surface area contributed by atoms with Crippen LogP contribution in [0.2, 0.25) is 0 Å². The number of carboxylic acids is 1. The lowest BCUT2D eigenvalue weighted by atomic mass is 10.1. The van der Waals surface area contributed by atoms with Gasteiger partial charge >= 0.3 is 11.9 Å². The number of halogens is 3. The molecule has 2 heterocycles. The maximum absolute atomic E-state index is 14.7. The number of carboxylic acid groups (broad SMARTS) is 1. The van der Waals surface area contributed by atoms with Gasteiger partial charge in [-0.05, 0) is 18.9 Å². The van der Waals surface area contributed by atoms with Crippen molar-refractivity contribution >= 4 is 35.0 Å². The number of carbonyl (C=O) groups is 2. The minimum absolute atomic E-state index is 0.0867. The quantitative estimate of drug-likeness (QED) is 0.692. The first-order chi connectivity index (χ1) is 15.6. The van der Waals surface area contributed by atoms with Crippen molar-refractivity contribution in [3.63, 3.8) is 0 Å². The van der Waals surface area contributed by atoms with Crippen LogP contribution in [0.1, 0.15) is 36.0 Å². The van der Waals surface area contributed by atoms with Crippen LogP contribution >= 0.6 is 0 Å². The molecule has 0 bridgehead atoms. The molecule has 1 aliphatic heterocycles. The van der Waals surface area contributed by atoms with Gasteiger partial charge in [-0.3, -0.25) is 4.79 Å². The summed E-state index contributed by atoms with van der Waals surface area (Å²) in [6.45, 7) is -0.832. The number of methoxy groups -OCH3 is 1. The molecule has 9 nitrogen and oxygen atoms in total. The molecule has 0 saturated heterocycles. The lowest BCUT2D eigenvalue weighted by Gasteiger charge is -2.31. The highest BCUT2D eigenvalue weighted by Gasteiger charge is 2.48. The number of alkyl halides is 2. The average molecular weight is 465 g/mol. The summed E-state index contributed by atoms with van der Waals surface area (Å²) in [7, 11) is 2.53. The highest BCUT2D eigenvalue weighted by Crippen LogP contribution is 2.40. The first kappa shape index (κ1) is 22.6. The molecule has 1 aromatic heterocycles. The van der Waals surface area contributed by atoms with Crippen molar-refractivity contribution in [2.45, 2.75) is 37.6 Å². The molecule has 1 aliphatic carbocycles. The van der Waals surface area contributed by atoms with E-state index in [1.165, 1.54) is 31.3 Å². The molecule has 0 unspecified atom stereocenters. The van der Waals surface area contributed by atoms with Crippen LogP contribution in [0.4, 0.5) is 36.3 Å². The van der Waals surface area contributed by atoms with Crippen molar-refractivity contribution in [2.75, 3.05) is 35.8 Å². The van der Waals surface area contributed by atoms with Crippen molar-refractivity contribution in [3.8, 4) is 5.75 Å². The molecule has 1 aromatic carbocycles. The van der Waals surface area contributed by atoms with Crippen LogP contribution < -0.4 is 19.9 Å². The van der Waals surface area contributed by atoms with Gasteiger partial charge in [-0.25, -0.2) is 14.2 Å². The van der Waals surface area contributed by atoms with Gasteiger partial charge in [0.1, 0.15) is 17.0 Å². The molecular weight excluding hydrogens is 443 g/mol. The van der Waals surface area contributed by atoms with Crippen molar-refractivity contribution < 1.29 is 32.6 Å². The van der Waals surface area contributed by atoms with Crippen LogP contribution in [0.5, 0.6) is 5.75 Å². The highest BCUT2D eigenvalue weighted by atomic mass is 19.3. The topological polar surface area (TPSA) is 108 Å². The van der Waals surface area contributed by atoms with Gasteiger partial charge in [-0.2, -0.15) is 13.8 Å². The SMILES string of the molecule is COc1cc(Nc2ncc3c(n2)N(C2CCCC2)CC(F)(F)C(=O)N3C)c(F)c(C(=O)O)c1. The van der Waals surface area contributed by atoms with E-state index >= 15 is 0 Å². The standard InChI is InChI=1S/C21H22F3N5O4/c1-28-15-9-25-20(26-14-8-12(33-2)7-13(16(14)22)18(30)31)27-17(15)29(11-5-3-4-6-11)10-21(23,24)19(28)32/h7-9,11H,3-6,10H2,1-2H3,(H,30,31)(H,25,26,27). The Morgan fingerprint density at radius 3 is 2.64 bits per heavy atom. The Kier molecular flexibility index (Phi) is 5.76. The number of amides is 1. The lowest BCUT2D eigenvalue weighted by molar-refractivity contribution is -0.140. The fraction of sp³-hybridized carbons (Fsp3) is 0.429. The first-order valence-corrected chi connectivity index (χ1v) is 10.3. The summed E-state index contributed by atoms with van der Waals surface area (Å²) in [4.78, 5) is 34.3. The van der Waals surface area contributed by atoms with E-state index in [4.69, 9.17) is 4.74 Å². The summed E-state index contributed by atoms with van der Waals surface area (Å²) >= 11 is 0. The minimum atomic E-state index is -3.62. The van der Waals surface area contributed by atoms with Gasteiger partial charge in [0.25, 0.3) is 5.91 Å². The summed E-state index contributed by atoms with van der Waals surface area (Å²) in [6.07, 6.45) is 4.30. The fourth-order valence-corrected chi connectivity index (χ4v) is 4.19. The summed E-state index contributed by atoms with van der Waals surface area (Å²) in [5.74, 6) is -7.48. The number of nitrogens with one attached hydrogen (secondary N) is 1. The molecule has 0 spiro atoms. The van der Waals surface area contributed by atoms with Gasteiger partial charge in [0.05, 0.1) is 25.5 Å². The normalized spacial score (nSPS) is 18.2. The van der Waals surface area contributed by atoms with Crippen molar-refractivity contribution in [3.05, 3.63) is 29.7 Å².